The predicted molar refractivity (Wildman–Crippen MR) is 145 cm³/mol. The Morgan fingerprint density at radius 2 is 1.56 bits per heavy atom. The molecule has 0 saturated heterocycles. The van der Waals surface area contributed by atoms with Gasteiger partial charge in [0.05, 0.1) is 16.7 Å². The largest absolute Gasteiger partial charge is 0.494 e. The molecule has 3 rings (SSSR count). The summed E-state index contributed by atoms with van der Waals surface area (Å²) in [6.45, 7) is 4.45. The molecule has 0 aliphatic heterocycles. The molecule has 1 N–H and O–H groups in total. The first-order valence-electron chi connectivity index (χ1n) is 12.1. The van der Waals surface area contributed by atoms with Crippen molar-refractivity contribution in [1.82, 2.24) is 10.2 Å². The molecule has 0 bridgehead atoms. The number of para-hydroxylation sites is 1. The molecule has 1 atom stereocenters. The lowest BCUT2D eigenvalue weighted by Gasteiger charge is -2.32. The summed E-state index contributed by atoms with van der Waals surface area (Å²) in [6, 6.07) is 23.7. The third-order valence-electron chi connectivity index (χ3n) is 5.59. The number of halogens is 2. The van der Waals surface area contributed by atoms with Crippen LogP contribution in [0.1, 0.15) is 37.8 Å². The molecule has 190 valence electrons. The minimum Gasteiger partial charge on any atom is -0.494 e. The van der Waals surface area contributed by atoms with E-state index in [1.807, 2.05) is 80.6 Å². The molecule has 0 fully saturated rings. The molecular formula is C29H32Cl2N2O3. The average molecular weight is 527 g/mol. The second-order valence-electron chi connectivity index (χ2n) is 8.90. The third kappa shape index (κ3) is 8.58. The van der Waals surface area contributed by atoms with Gasteiger partial charge in [-0.2, -0.15) is 0 Å². The van der Waals surface area contributed by atoms with Gasteiger partial charge in [-0.1, -0.05) is 77.8 Å². The molecule has 3 aromatic carbocycles. The normalized spacial score (nSPS) is 11.7. The van der Waals surface area contributed by atoms with Crippen molar-refractivity contribution in [3.8, 4) is 5.75 Å². The van der Waals surface area contributed by atoms with Gasteiger partial charge >= 0.3 is 0 Å². The zero-order valence-corrected chi connectivity index (χ0v) is 22.1. The summed E-state index contributed by atoms with van der Waals surface area (Å²) < 4.78 is 5.76. The Morgan fingerprint density at radius 3 is 2.19 bits per heavy atom. The number of rotatable bonds is 12. The van der Waals surface area contributed by atoms with Crippen molar-refractivity contribution >= 4 is 35.0 Å². The van der Waals surface area contributed by atoms with Crippen LogP contribution in [-0.2, 0) is 22.6 Å². The van der Waals surface area contributed by atoms with Crippen LogP contribution < -0.4 is 10.1 Å². The molecule has 0 aromatic heterocycles. The lowest BCUT2D eigenvalue weighted by atomic mass is 10.0. The van der Waals surface area contributed by atoms with Crippen molar-refractivity contribution < 1.29 is 14.3 Å². The third-order valence-corrected chi connectivity index (χ3v) is 6.32. The van der Waals surface area contributed by atoms with Crippen LogP contribution in [-0.4, -0.2) is 35.4 Å². The highest BCUT2D eigenvalue weighted by Crippen LogP contribution is 2.25. The molecule has 0 saturated carbocycles. The fourth-order valence-electron chi connectivity index (χ4n) is 3.84. The van der Waals surface area contributed by atoms with Gasteiger partial charge in [0, 0.05) is 25.4 Å². The molecule has 5 nitrogen and oxygen atoms in total. The van der Waals surface area contributed by atoms with E-state index in [1.54, 1.807) is 17.0 Å². The Labute approximate surface area is 223 Å². The highest BCUT2D eigenvalue weighted by atomic mass is 35.5. The summed E-state index contributed by atoms with van der Waals surface area (Å²) in [4.78, 5) is 28.6. The monoisotopic (exact) mass is 526 g/mol. The number of benzene rings is 3. The SMILES string of the molecule is CC(C)NC(=O)[C@H](Cc1ccccc1)N(Cc1ccc(Cl)c(Cl)c1)C(=O)CCCOc1ccccc1. The fraction of sp³-hybridized carbons (Fsp3) is 0.310. The van der Waals surface area contributed by atoms with E-state index in [9.17, 15) is 9.59 Å². The lowest BCUT2D eigenvalue weighted by molar-refractivity contribution is -0.141. The Morgan fingerprint density at radius 1 is 0.889 bits per heavy atom. The number of amides is 2. The molecular weight excluding hydrogens is 495 g/mol. The summed E-state index contributed by atoms with van der Waals surface area (Å²) >= 11 is 12.3. The molecule has 3 aromatic rings. The Hall–Kier alpha value is -3.02. The van der Waals surface area contributed by atoms with Crippen molar-refractivity contribution in [3.05, 3.63) is 100 Å². The van der Waals surface area contributed by atoms with Crippen LogP contribution >= 0.6 is 23.2 Å². The molecule has 36 heavy (non-hydrogen) atoms. The maximum absolute atomic E-state index is 13.6. The smallest absolute Gasteiger partial charge is 0.243 e. The van der Waals surface area contributed by atoms with Crippen LogP contribution in [0.15, 0.2) is 78.9 Å². The number of carbonyl (C=O) groups is 2. The van der Waals surface area contributed by atoms with E-state index >= 15 is 0 Å². The first kappa shape index (κ1) is 27.6. The van der Waals surface area contributed by atoms with Crippen LogP contribution in [0.2, 0.25) is 10.0 Å². The van der Waals surface area contributed by atoms with Crippen molar-refractivity contribution in [2.45, 2.75) is 51.7 Å². The van der Waals surface area contributed by atoms with Crippen molar-refractivity contribution in [3.63, 3.8) is 0 Å². The highest BCUT2D eigenvalue weighted by Gasteiger charge is 2.30. The number of carbonyl (C=O) groups excluding carboxylic acids is 2. The van der Waals surface area contributed by atoms with Gasteiger partial charge in [0.2, 0.25) is 11.8 Å². The van der Waals surface area contributed by atoms with E-state index < -0.39 is 6.04 Å². The molecule has 0 heterocycles. The zero-order valence-electron chi connectivity index (χ0n) is 20.6. The first-order chi connectivity index (χ1) is 17.3. The van der Waals surface area contributed by atoms with Gasteiger partial charge in [-0.05, 0) is 55.7 Å². The predicted octanol–water partition coefficient (Wildman–Crippen LogP) is 6.32. The maximum Gasteiger partial charge on any atom is 0.243 e. The summed E-state index contributed by atoms with van der Waals surface area (Å²) in [5.41, 5.74) is 1.77. The Balaban J connectivity index is 1.82. The van der Waals surface area contributed by atoms with Crippen LogP contribution in [0, 0.1) is 0 Å². The summed E-state index contributed by atoms with van der Waals surface area (Å²) in [5, 5.41) is 3.83. The summed E-state index contributed by atoms with van der Waals surface area (Å²) in [7, 11) is 0. The number of nitrogens with one attached hydrogen (secondary N) is 1. The molecule has 0 radical (unpaired) electrons. The first-order valence-corrected chi connectivity index (χ1v) is 12.8. The van der Waals surface area contributed by atoms with Gasteiger partial charge in [-0.25, -0.2) is 0 Å². The van der Waals surface area contributed by atoms with Crippen molar-refractivity contribution in [1.29, 1.82) is 0 Å². The van der Waals surface area contributed by atoms with Crippen LogP contribution in [0.4, 0.5) is 0 Å². The number of hydrogen-bond donors (Lipinski definition) is 1. The number of ether oxygens (including phenoxy) is 1. The van der Waals surface area contributed by atoms with Gasteiger partial charge in [-0.3, -0.25) is 9.59 Å². The van der Waals surface area contributed by atoms with E-state index in [0.717, 1.165) is 16.9 Å². The van der Waals surface area contributed by atoms with E-state index in [2.05, 4.69) is 5.32 Å². The molecule has 0 aliphatic rings. The summed E-state index contributed by atoms with van der Waals surface area (Å²) in [5.74, 6) is 0.441. The second kappa shape index (κ2) is 13.9. The molecule has 0 aliphatic carbocycles. The average Bonchev–Trinajstić information content (AvgIpc) is 2.86. The highest BCUT2D eigenvalue weighted by molar-refractivity contribution is 6.42. The van der Waals surface area contributed by atoms with Gasteiger partial charge < -0.3 is 15.0 Å². The fourth-order valence-corrected chi connectivity index (χ4v) is 4.16. The lowest BCUT2D eigenvalue weighted by Crippen LogP contribution is -2.51. The van der Waals surface area contributed by atoms with Gasteiger partial charge in [0.15, 0.2) is 0 Å². The van der Waals surface area contributed by atoms with Gasteiger partial charge in [0.25, 0.3) is 0 Å². The minimum absolute atomic E-state index is 0.0584. The summed E-state index contributed by atoms with van der Waals surface area (Å²) in [6.07, 6.45) is 1.16. The topological polar surface area (TPSA) is 58.6 Å². The maximum atomic E-state index is 13.6. The quantitative estimate of drug-likeness (QED) is 0.281. The van der Waals surface area contributed by atoms with Crippen LogP contribution in [0.3, 0.4) is 0 Å². The van der Waals surface area contributed by atoms with Crippen LogP contribution in [0.5, 0.6) is 5.75 Å². The Kier molecular flexibility index (Phi) is 10.6. The zero-order chi connectivity index (χ0) is 25.9. The molecule has 7 heteroatoms. The van der Waals surface area contributed by atoms with E-state index in [4.69, 9.17) is 27.9 Å². The van der Waals surface area contributed by atoms with E-state index in [0.29, 0.717) is 29.5 Å². The minimum atomic E-state index is -0.688. The van der Waals surface area contributed by atoms with Crippen molar-refractivity contribution in [2.75, 3.05) is 6.61 Å². The number of hydrogen-bond acceptors (Lipinski definition) is 3. The van der Waals surface area contributed by atoms with E-state index in [1.165, 1.54) is 0 Å². The molecule has 0 spiro atoms. The number of nitrogens with zero attached hydrogens (tertiary/aromatic N) is 1. The molecule has 0 unspecified atom stereocenters. The van der Waals surface area contributed by atoms with Gasteiger partial charge in [-0.15, -0.1) is 0 Å². The van der Waals surface area contributed by atoms with Crippen LogP contribution in [0.25, 0.3) is 0 Å². The van der Waals surface area contributed by atoms with Crippen molar-refractivity contribution in [2.24, 2.45) is 0 Å². The molecule has 2 amide bonds. The standard InChI is InChI=1S/C29H32Cl2N2O3/c1-21(2)32-29(35)27(19-22-10-5-3-6-11-22)33(20-23-15-16-25(30)26(31)18-23)28(34)14-9-17-36-24-12-7-4-8-13-24/h3-8,10-13,15-16,18,21,27H,9,14,17,19-20H2,1-2H3,(H,32,35)/t27-/m0/s1. The van der Waals surface area contributed by atoms with E-state index in [-0.39, 0.29) is 30.8 Å². The Bertz CT molecular complexity index is 1120. The van der Waals surface area contributed by atoms with Gasteiger partial charge in [0.1, 0.15) is 11.8 Å². The second-order valence-corrected chi connectivity index (χ2v) is 9.72.